The molecule has 1 fully saturated rings. The lowest BCUT2D eigenvalue weighted by Gasteiger charge is -2.08. The molecule has 0 aliphatic heterocycles. The molecular weight excluding hydrogens is 248 g/mol. The van der Waals surface area contributed by atoms with Crippen LogP contribution in [0, 0.1) is 10.8 Å². The summed E-state index contributed by atoms with van der Waals surface area (Å²) in [6.45, 7) is 13.5. The monoisotopic (exact) mass is 272 g/mol. The Labute approximate surface area is 120 Å². The van der Waals surface area contributed by atoms with Crippen LogP contribution in [0.2, 0.25) is 0 Å². The van der Waals surface area contributed by atoms with Gasteiger partial charge in [0.15, 0.2) is 5.82 Å². The van der Waals surface area contributed by atoms with Crippen molar-refractivity contribution in [2.75, 3.05) is 5.32 Å². The molecule has 0 aromatic carbocycles. The lowest BCUT2D eigenvalue weighted by Crippen LogP contribution is -2.12. The number of aromatic nitrogens is 3. The van der Waals surface area contributed by atoms with Crippen molar-refractivity contribution in [3.8, 4) is 0 Å². The second kappa shape index (κ2) is 3.96. The van der Waals surface area contributed by atoms with E-state index < -0.39 is 0 Å². The summed E-state index contributed by atoms with van der Waals surface area (Å²) in [6, 6.07) is 2.59. The third-order valence-corrected chi connectivity index (χ3v) is 5.30. The van der Waals surface area contributed by atoms with Crippen molar-refractivity contribution in [2.45, 2.75) is 53.5 Å². The van der Waals surface area contributed by atoms with Crippen LogP contribution < -0.4 is 5.32 Å². The molecule has 0 radical (unpaired) electrons. The molecule has 0 bridgehead atoms. The van der Waals surface area contributed by atoms with E-state index in [1.807, 2.05) is 16.9 Å². The van der Waals surface area contributed by atoms with Crippen LogP contribution in [0.25, 0.3) is 5.52 Å². The van der Waals surface area contributed by atoms with Crippen LogP contribution in [-0.2, 0) is 0 Å². The zero-order valence-corrected chi connectivity index (χ0v) is 13.2. The zero-order valence-electron chi connectivity index (χ0n) is 13.2. The van der Waals surface area contributed by atoms with Crippen LogP contribution in [0.4, 0.5) is 5.82 Å². The third-order valence-electron chi connectivity index (χ3n) is 5.30. The average Bonchev–Trinajstić information content (AvgIpc) is 2.72. The van der Waals surface area contributed by atoms with Gasteiger partial charge in [-0.25, -0.2) is 9.50 Å². The normalized spacial score (nSPS) is 20.6. The van der Waals surface area contributed by atoms with Gasteiger partial charge in [0, 0.05) is 18.4 Å². The van der Waals surface area contributed by atoms with Crippen LogP contribution in [0.5, 0.6) is 0 Å². The number of nitrogens with zero attached hydrogens (tertiary/aromatic N) is 3. The molecule has 1 aliphatic carbocycles. The first kappa shape index (κ1) is 13.4. The van der Waals surface area contributed by atoms with E-state index in [9.17, 15) is 0 Å². The summed E-state index contributed by atoms with van der Waals surface area (Å²) in [6.07, 6.45) is 3.73. The molecule has 2 aromatic rings. The fraction of sp³-hybridized carbons (Fsp3) is 0.625. The first-order chi connectivity index (χ1) is 9.25. The van der Waals surface area contributed by atoms with Crippen molar-refractivity contribution in [2.24, 2.45) is 10.8 Å². The van der Waals surface area contributed by atoms with Gasteiger partial charge < -0.3 is 5.32 Å². The first-order valence-electron chi connectivity index (χ1n) is 7.36. The lowest BCUT2D eigenvalue weighted by atomic mass is 10.0. The summed E-state index contributed by atoms with van der Waals surface area (Å²) in [7, 11) is 0. The standard InChI is InChI=1S/C16H24N4/c1-10(2)11-9-12-13(17-7-8-20(12)19-11)18-14-15(3,4)16(14,5)6/h7-10,14H,1-6H3,(H,17,18). The second-order valence-corrected chi connectivity index (χ2v) is 7.35. The van der Waals surface area contributed by atoms with Crippen LogP contribution in [0.1, 0.15) is 53.2 Å². The number of hydrogen-bond donors (Lipinski definition) is 1. The van der Waals surface area contributed by atoms with Gasteiger partial charge in [0.1, 0.15) is 5.52 Å². The van der Waals surface area contributed by atoms with Crippen LogP contribution >= 0.6 is 0 Å². The Bertz CT molecular complexity index is 638. The fourth-order valence-corrected chi connectivity index (χ4v) is 3.03. The molecular formula is C16H24N4. The van der Waals surface area contributed by atoms with Crippen LogP contribution in [0.15, 0.2) is 18.5 Å². The van der Waals surface area contributed by atoms with Gasteiger partial charge >= 0.3 is 0 Å². The highest BCUT2D eigenvalue weighted by Crippen LogP contribution is 2.63. The van der Waals surface area contributed by atoms with Gasteiger partial charge in [0.25, 0.3) is 0 Å². The Morgan fingerprint density at radius 3 is 2.40 bits per heavy atom. The molecule has 1 aliphatic rings. The van der Waals surface area contributed by atoms with E-state index in [0.29, 0.717) is 22.8 Å². The Kier molecular flexibility index (Phi) is 2.66. The molecule has 0 unspecified atom stereocenters. The van der Waals surface area contributed by atoms with Gasteiger partial charge in [-0.2, -0.15) is 5.10 Å². The smallest absolute Gasteiger partial charge is 0.152 e. The van der Waals surface area contributed by atoms with Gasteiger partial charge in [-0.15, -0.1) is 0 Å². The molecule has 2 heterocycles. The fourth-order valence-electron chi connectivity index (χ4n) is 3.03. The minimum Gasteiger partial charge on any atom is -0.364 e. The summed E-state index contributed by atoms with van der Waals surface area (Å²) in [5, 5.41) is 8.23. The molecule has 2 aromatic heterocycles. The van der Waals surface area contributed by atoms with Crippen LogP contribution in [-0.4, -0.2) is 20.6 Å². The van der Waals surface area contributed by atoms with Gasteiger partial charge in [-0.1, -0.05) is 41.5 Å². The maximum absolute atomic E-state index is 4.61. The van der Waals surface area contributed by atoms with Crippen molar-refractivity contribution < 1.29 is 0 Å². The Morgan fingerprint density at radius 2 is 1.85 bits per heavy atom. The highest BCUT2D eigenvalue weighted by molar-refractivity contribution is 5.69. The Balaban J connectivity index is 1.97. The molecule has 1 saturated carbocycles. The SMILES string of the molecule is CC(C)c1cc2c(NC3C(C)(C)C3(C)C)nccn2n1. The molecule has 108 valence electrons. The number of anilines is 1. The molecule has 0 atom stereocenters. The van der Waals surface area contributed by atoms with Crippen molar-refractivity contribution in [1.29, 1.82) is 0 Å². The van der Waals surface area contributed by atoms with Gasteiger partial charge in [-0.3, -0.25) is 0 Å². The largest absolute Gasteiger partial charge is 0.364 e. The van der Waals surface area contributed by atoms with E-state index in [4.69, 9.17) is 0 Å². The van der Waals surface area contributed by atoms with Crippen molar-refractivity contribution in [3.05, 3.63) is 24.2 Å². The quantitative estimate of drug-likeness (QED) is 0.926. The topological polar surface area (TPSA) is 42.2 Å². The molecule has 20 heavy (non-hydrogen) atoms. The van der Waals surface area contributed by atoms with E-state index >= 15 is 0 Å². The second-order valence-electron chi connectivity index (χ2n) is 7.35. The van der Waals surface area contributed by atoms with Gasteiger partial charge in [-0.05, 0) is 22.8 Å². The lowest BCUT2D eigenvalue weighted by molar-refractivity contribution is 0.457. The summed E-state index contributed by atoms with van der Waals surface area (Å²) in [5.41, 5.74) is 2.76. The van der Waals surface area contributed by atoms with Crippen LogP contribution in [0.3, 0.4) is 0 Å². The molecule has 4 heteroatoms. The Hall–Kier alpha value is -1.58. The van der Waals surface area contributed by atoms with Crippen molar-refractivity contribution in [1.82, 2.24) is 14.6 Å². The maximum Gasteiger partial charge on any atom is 0.152 e. The Morgan fingerprint density at radius 1 is 1.20 bits per heavy atom. The molecule has 0 saturated heterocycles. The van der Waals surface area contributed by atoms with E-state index in [0.717, 1.165) is 17.0 Å². The number of fused-ring (bicyclic) bond motifs is 1. The molecule has 3 rings (SSSR count). The number of hydrogen-bond acceptors (Lipinski definition) is 3. The third kappa shape index (κ3) is 1.74. The summed E-state index contributed by atoms with van der Waals surface area (Å²) >= 11 is 0. The highest BCUT2D eigenvalue weighted by Gasteiger charge is 2.65. The summed E-state index contributed by atoms with van der Waals surface area (Å²) < 4.78 is 1.92. The van der Waals surface area contributed by atoms with Crippen molar-refractivity contribution in [3.63, 3.8) is 0 Å². The first-order valence-corrected chi connectivity index (χ1v) is 7.36. The number of rotatable bonds is 3. The van der Waals surface area contributed by atoms with Gasteiger partial charge in [0.05, 0.1) is 5.69 Å². The van der Waals surface area contributed by atoms with Crippen molar-refractivity contribution >= 4 is 11.3 Å². The number of nitrogens with one attached hydrogen (secondary N) is 1. The summed E-state index contributed by atoms with van der Waals surface area (Å²) in [5.74, 6) is 1.37. The molecule has 1 N–H and O–H groups in total. The summed E-state index contributed by atoms with van der Waals surface area (Å²) in [4.78, 5) is 4.52. The predicted octanol–water partition coefficient (Wildman–Crippen LogP) is 3.70. The van der Waals surface area contributed by atoms with E-state index in [2.05, 4.69) is 63.0 Å². The van der Waals surface area contributed by atoms with E-state index in [1.54, 1.807) is 0 Å². The maximum atomic E-state index is 4.61. The minimum absolute atomic E-state index is 0.294. The average molecular weight is 272 g/mol. The molecule has 0 amide bonds. The minimum atomic E-state index is 0.294. The van der Waals surface area contributed by atoms with E-state index in [-0.39, 0.29) is 0 Å². The molecule has 0 spiro atoms. The molecule has 4 nitrogen and oxygen atoms in total. The predicted molar refractivity (Wildman–Crippen MR) is 82.0 cm³/mol. The zero-order chi connectivity index (χ0) is 14.7. The van der Waals surface area contributed by atoms with E-state index in [1.165, 1.54) is 0 Å². The van der Waals surface area contributed by atoms with Gasteiger partial charge in [0.2, 0.25) is 0 Å². The highest BCUT2D eigenvalue weighted by atomic mass is 15.2.